The molecule has 2 aromatic rings. The van der Waals surface area contributed by atoms with Crippen LogP contribution in [0.5, 0.6) is 0 Å². The normalized spacial score (nSPS) is 19.3. The van der Waals surface area contributed by atoms with Crippen LogP contribution in [0, 0.1) is 0 Å². The van der Waals surface area contributed by atoms with E-state index in [0.717, 1.165) is 34.8 Å². The molecule has 1 aromatic carbocycles. The summed E-state index contributed by atoms with van der Waals surface area (Å²) in [5, 5.41) is 1.79. The summed E-state index contributed by atoms with van der Waals surface area (Å²) < 4.78 is 9.36. The quantitative estimate of drug-likeness (QED) is 0.557. The van der Waals surface area contributed by atoms with E-state index in [9.17, 15) is 4.79 Å². The lowest BCUT2D eigenvalue weighted by Crippen LogP contribution is -2.40. The van der Waals surface area contributed by atoms with Gasteiger partial charge in [-0.25, -0.2) is 9.79 Å². The maximum Gasteiger partial charge on any atom is 0.348 e. The number of aliphatic imine (C=N–C) groups is 1. The van der Waals surface area contributed by atoms with Crippen LogP contribution in [-0.4, -0.2) is 48.4 Å². The maximum absolute atomic E-state index is 12.1. The summed E-state index contributed by atoms with van der Waals surface area (Å²) in [6.07, 6.45) is -2.28. The molecule has 1 aromatic heterocycles. The van der Waals surface area contributed by atoms with Gasteiger partial charge < -0.3 is 9.41 Å². The second-order valence-corrected chi connectivity index (χ2v) is 11.1. The topological polar surface area (TPSA) is 45.1 Å². The zero-order valence-electron chi connectivity index (χ0n) is 15.3. The number of ether oxygens (including phenoxy) is 1. The Morgan fingerprint density at radius 3 is 2.54 bits per heavy atom. The fourth-order valence-corrected chi connectivity index (χ4v) is 8.86. The fourth-order valence-electron chi connectivity index (χ4n) is 3.11. The van der Waals surface area contributed by atoms with Crippen LogP contribution in [-0.2, 0) is 16.5 Å². The van der Waals surface area contributed by atoms with Crippen LogP contribution in [0.25, 0.3) is 0 Å². The van der Waals surface area contributed by atoms with Crippen molar-refractivity contribution < 1.29 is 9.53 Å². The lowest BCUT2D eigenvalue weighted by Gasteiger charge is -2.43. The van der Waals surface area contributed by atoms with Crippen molar-refractivity contribution in [3.05, 3.63) is 46.8 Å². The van der Waals surface area contributed by atoms with E-state index in [-0.39, 0.29) is 5.97 Å². The van der Waals surface area contributed by atoms with E-state index in [0.29, 0.717) is 4.88 Å². The van der Waals surface area contributed by atoms with Crippen molar-refractivity contribution in [3.63, 3.8) is 0 Å². The Bertz CT molecular complexity index is 891. The van der Waals surface area contributed by atoms with Gasteiger partial charge in [0.2, 0.25) is 0 Å². The summed E-state index contributed by atoms with van der Waals surface area (Å²) in [7, 11) is 3.41. The van der Waals surface area contributed by atoms with Crippen LogP contribution in [0.2, 0.25) is 0 Å². The number of fused-ring (bicyclic) bond motifs is 1. The summed E-state index contributed by atoms with van der Waals surface area (Å²) in [4.78, 5) is 17.5. The molecule has 1 atom stereocenters. The second kappa shape index (κ2) is 7.61. The first kappa shape index (κ1) is 19.2. The summed E-state index contributed by atoms with van der Waals surface area (Å²) >= 11 is 7.66. The molecule has 0 fully saturated rings. The zero-order chi connectivity index (χ0) is 18.9. The number of rotatable bonds is 5. The van der Waals surface area contributed by atoms with Crippen molar-refractivity contribution in [2.75, 3.05) is 27.2 Å². The van der Waals surface area contributed by atoms with Gasteiger partial charge in [0.25, 0.3) is 0 Å². The minimum Gasteiger partial charge on any atom is -0.465 e. The number of hydrogen-bond donors (Lipinski definition) is 0. The highest BCUT2D eigenvalue weighted by atomic mass is 32.4. The van der Waals surface area contributed by atoms with Gasteiger partial charge in [-0.15, -0.1) is 11.3 Å². The van der Waals surface area contributed by atoms with E-state index in [1.54, 1.807) is 0 Å². The standard InChI is InChI=1S/C18H22N3O2PS2/c1-5-21(6-2)24(25)14-12-15(18(22)23-4)26-17(14)19-16(20(24)3)13-10-8-7-9-11-13/h7-12H,5-6H2,1-4H3/t24-/m1/s1. The fraction of sp³-hybridized carbons (Fsp3) is 0.333. The molecule has 2 heterocycles. The Balaban J connectivity index is 2.24. The van der Waals surface area contributed by atoms with Gasteiger partial charge in [-0.2, -0.15) is 0 Å². The number of carbonyl (C=O) groups excluding carboxylic acids is 1. The molecule has 1 aliphatic heterocycles. The molecule has 138 valence electrons. The number of methoxy groups -OCH3 is 1. The Morgan fingerprint density at radius 1 is 1.31 bits per heavy atom. The molecule has 0 aliphatic carbocycles. The van der Waals surface area contributed by atoms with Gasteiger partial charge in [-0.05, 0) is 6.07 Å². The molecular formula is C18H22N3O2PS2. The van der Waals surface area contributed by atoms with Gasteiger partial charge in [0.15, 0.2) is 0 Å². The van der Waals surface area contributed by atoms with E-state index in [1.807, 2.05) is 43.4 Å². The number of amidine groups is 1. The molecule has 1 aliphatic rings. The van der Waals surface area contributed by atoms with Gasteiger partial charge in [0.05, 0.1) is 12.4 Å². The highest BCUT2D eigenvalue weighted by Gasteiger charge is 2.40. The largest absolute Gasteiger partial charge is 0.465 e. The predicted octanol–water partition coefficient (Wildman–Crippen LogP) is 3.84. The number of esters is 1. The van der Waals surface area contributed by atoms with E-state index in [1.165, 1.54) is 18.4 Å². The van der Waals surface area contributed by atoms with Crippen molar-refractivity contribution in [1.29, 1.82) is 0 Å². The molecular weight excluding hydrogens is 385 g/mol. The number of thiophene rings is 1. The molecule has 0 amide bonds. The van der Waals surface area contributed by atoms with Crippen molar-refractivity contribution in [3.8, 4) is 0 Å². The van der Waals surface area contributed by atoms with Gasteiger partial charge in [-0.1, -0.05) is 56.0 Å². The number of benzene rings is 1. The SMILES string of the molecule is CCN(CC)[P@@]1(=S)c2cc(C(=O)OC)sc2N=C(c2ccccc2)N1C. The number of hydrogen-bond acceptors (Lipinski definition) is 5. The summed E-state index contributed by atoms with van der Waals surface area (Å²) in [6.45, 7) is 5.91. The van der Waals surface area contributed by atoms with E-state index >= 15 is 0 Å². The molecule has 8 heteroatoms. The Hall–Kier alpha value is -1.53. The molecule has 0 spiro atoms. The average molecular weight is 408 g/mol. The number of carbonyl (C=O) groups is 1. The third kappa shape index (κ3) is 3.03. The minimum absolute atomic E-state index is 0.343. The Morgan fingerprint density at radius 2 is 1.96 bits per heavy atom. The first-order valence-electron chi connectivity index (χ1n) is 8.43. The monoisotopic (exact) mass is 407 g/mol. The zero-order valence-corrected chi connectivity index (χ0v) is 17.8. The van der Waals surface area contributed by atoms with Gasteiger partial charge in [0, 0.05) is 25.7 Å². The van der Waals surface area contributed by atoms with Crippen molar-refractivity contribution in [2.45, 2.75) is 13.8 Å². The molecule has 5 nitrogen and oxygen atoms in total. The second-order valence-electron chi connectivity index (χ2n) is 5.80. The minimum atomic E-state index is -2.28. The molecule has 3 rings (SSSR count). The van der Waals surface area contributed by atoms with Crippen LogP contribution >= 0.6 is 17.7 Å². The molecule has 0 radical (unpaired) electrons. The van der Waals surface area contributed by atoms with E-state index < -0.39 is 6.34 Å². The Kier molecular flexibility index (Phi) is 5.63. The molecule has 0 bridgehead atoms. The third-order valence-electron chi connectivity index (χ3n) is 4.46. The average Bonchev–Trinajstić information content (AvgIpc) is 3.11. The lowest BCUT2D eigenvalue weighted by atomic mass is 10.2. The van der Waals surface area contributed by atoms with Crippen LogP contribution in [0.1, 0.15) is 29.1 Å². The molecule has 0 saturated heterocycles. The molecule has 0 unspecified atom stereocenters. The van der Waals surface area contributed by atoms with Gasteiger partial charge in [-0.3, -0.25) is 4.67 Å². The van der Waals surface area contributed by atoms with Crippen LogP contribution in [0.3, 0.4) is 0 Å². The van der Waals surface area contributed by atoms with Crippen LogP contribution in [0.15, 0.2) is 41.4 Å². The highest BCUT2D eigenvalue weighted by molar-refractivity contribution is 8.16. The predicted molar refractivity (Wildman–Crippen MR) is 113 cm³/mol. The van der Waals surface area contributed by atoms with E-state index in [4.69, 9.17) is 21.5 Å². The molecule has 26 heavy (non-hydrogen) atoms. The summed E-state index contributed by atoms with van der Waals surface area (Å²) in [6, 6.07) is 11.9. The lowest BCUT2D eigenvalue weighted by molar-refractivity contribution is 0.0606. The summed E-state index contributed by atoms with van der Waals surface area (Å²) in [5.74, 6) is 0.510. The van der Waals surface area contributed by atoms with Gasteiger partial charge in [0.1, 0.15) is 22.1 Å². The van der Waals surface area contributed by atoms with Gasteiger partial charge >= 0.3 is 5.97 Å². The number of nitrogens with zero attached hydrogens (tertiary/aromatic N) is 3. The third-order valence-corrected chi connectivity index (χ3v) is 10.9. The molecule has 0 saturated carbocycles. The summed E-state index contributed by atoms with van der Waals surface area (Å²) in [5.41, 5.74) is 1.02. The van der Waals surface area contributed by atoms with Crippen LogP contribution < -0.4 is 5.30 Å². The first-order valence-corrected chi connectivity index (χ1v) is 12.0. The van der Waals surface area contributed by atoms with Crippen molar-refractivity contribution >= 4 is 51.6 Å². The maximum atomic E-state index is 12.1. The molecule has 0 N–H and O–H groups in total. The van der Waals surface area contributed by atoms with Crippen molar-refractivity contribution in [1.82, 2.24) is 9.34 Å². The Labute approximate surface area is 163 Å². The smallest absolute Gasteiger partial charge is 0.348 e. The van der Waals surface area contributed by atoms with Crippen molar-refractivity contribution in [2.24, 2.45) is 4.99 Å². The highest BCUT2D eigenvalue weighted by Crippen LogP contribution is 2.57. The van der Waals surface area contributed by atoms with E-state index in [2.05, 4.69) is 23.2 Å². The van der Waals surface area contributed by atoms with Crippen LogP contribution in [0.4, 0.5) is 5.00 Å². The first-order chi connectivity index (χ1) is 12.5.